The minimum absolute atomic E-state index is 0.0871. The zero-order valence-electron chi connectivity index (χ0n) is 11.8. The van der Waals surface area contributed by atoms with E-state index in [0.29, 0.717) is 24.2 Å². The summed E-state index contributed by atoms with van der Waals surface area (Å²) in [5.74, 6) is -0.0871. The summed E-state index contributed by atoms with van der Waals surface area (Å²) in [6.45, 7) is 0.714. The van der Waals surface area contributed by atoms with E-state index < -0.39 is 5.60 Å². The molecule has 1 aromatic carbocycles. The van der Waals surface area contributed by atoms with Gasteiger partial charge in [-0.25, -0.2) is 0 Å². The second-order valence-electron chi connectivity index (χ2n) is 5.64. The Morgan fingerprint density at radius 1 is 1.36 bits per heavy atom. The van der Waals surface area contributed by atoms with Crippen molar-refractivity contribution in [2.75, 3.05) is 13.1 Å². The molecule has 1 unspecified atom stereocenters. The molecule has 7 heteroatoms. The van der Waals surface area contributed by atoms with Crippen molar-refractivity contribution >= 4 is 16.8 Å². The Balaban J connectivity index is 1.58. The molecule has 112 valence electrons. The Hall–Kier alpha value is -2.67. The van der Waals surface area contributed by atoms with Crippen LogP contribution in [-0.2, 0) is 5.60 Å². The topological polar surface area (TPSA) is 97.9 Å². The second-order valence-corrected chi connectivity index (χ2v) is 5.64. The van der Waals surface area contributed by atoms with Crippen LogP contribution in [0.1, 0.15) is 22.5 Å². The molecule has 1 amide bonds. The number of rotatable bonds is 2. The van der Waals surface area contributed by atoms with E-state index in [9.17, 15) is 9.90 Å². The lowest BCUT2D eigenvalue weighted by molar-refractivity contribution is 0.0382. The van der Waals surface area contributed by atoms with Crippen LogP contribution in [0.2, 0.25) is 0 Å². The van der Waals surface area contributed by atoms with Crippen LogP contribution in [-0.4, -0.2) is 49.4 Å². The summed E-state index contributed by atoms with van der Waals surface area (Å²) < 4.78 is 0. The molecule has 3 heterocycles. The first-order valence-electron chi connectivity index (χ1n) is 7.11. The van der Waals surface area contributed by atoms with Gasteiger partial charge >= 0.3 is 0 Å². The number of carbonyl (C=O) groups is 1. The molecule has 1 aliphatic rings. The van der Waals surface area contributed by atoms with Gasteiger partial charge in [-0.15, -0.1) is 0 Å². The standard InChI is InChI=1S/C15H15N5O2/c21-14(11-2-1-10-3-5-16-12(10)7-11)20-6-4-15(22,9-20)13-8-17-19-18-13/h1-3,5,7-8,16,22H,4,6,9H2,(H,17,18,19). The van der Waals surface area contributed by atoms with E-state index in [1.807, 2.05) is 30.5 Å². The quantitative estimate of drug-likeness (QED) is 0.657. The van der Waals surface area contributed by atoms with Gasteiger partial charge in [0.25, 0.3) is 5.91 Å². The molecule has 0 saturated carbocycles. The van der Waals surface area contributed by atoms with Crippen LogP contribution < -0.4 is 0 Å². The number of nitrogens with zero attached hydrogens (tertiary/aromatic N) is 3. The van der Waals surface area contributed by atoms with Crippen molar-refractivity contribution in [3.05, 3.63) is 47.9 Å². The molecular formula is C15H15N5O2. The Morgan fingerprint density at radius 2 is 2.27 bits per heavy atom. The summed E-state index contributed by atoms with van der Waals surface area (Å²) >= 11 is 0. The minimum Gasteiger partial charge on any atom is -0.381 e. The minimum atomic E-state index is -1.13. The molecule has 0 aliphatic carbocycles. The first-order valence-corrected chi connectivity index (χ1v) is 7.11. The number of amides is 1. The average molecular weight is 297 g/mol. The van der Waals surface area contributed by atoms with Crippen molar-refractivity contribution in [2.24, 2.45) is 0 Å². The number of likely N-dealkylation sites (tertiary alicyclic amines) is 1. The maximum absolute atomic E-state index is 12.6. The molecule has 7 nitrogen and oxygen atoms in total. The number of aromatic amines is 2. The average Bonchev–Trinajstić information content (AvgIpc) is 3.26. The molecule has 22 heavy (non-hydrogen) atoms. The van der Waals surface area contributed by atoms with Crippen molar-refractivity contribution in [2.45, 2.75) is 12.0 Å². The largest absolute Gasteiger partial charge is 0.381 e. The van der Waals surface area contributed by atoms with E-state index in [-0.39, 0.29) is 12.5 Å². The number of β-amino-alcohol motifs (C(OH)–C–C–N with tert-alkyl or cyclic N) is 1. The van der Waals surface area contributed by atoms with E-state index in [2.05, 4.69) is 20.4 Å². The molecule has 1 fully saturated rings. The van der Waals surface area contributed by atoms with E-state index in [1.165, 1.54) is 6.20 Å². The molecule has 3 aromatic rings. The van der Waals surface area contributed by atoms with Crippen LogP contribution in [0.3, 0.4) is 0 Å². The molecule has 1 saturated heterocycles. The Morgan fingerprint density at radius 3 is 3.09 bits per heavy atom. The smallest absolute Gasteiger partial charge is 0.254 e. The number of benzene rings is 1. The fourth-order valence-corrected chi connectivity index (χ4v) is 2.97. The summed E-state index contributed by atoms with van der Waals surface area (Å²) in [5.41, 5.74) is 0.887. The third kappa shape index (κ3) is 1.98. The highest BCUT2D eigenvalue weighted by Gasteiger charge is 2.41. The number of fused-ring (bicyclic) bond motifs is 1. The van der Waals surface area contributed by atoms with Gasteiger partial charge in [0.2, 0.25) is 0 Å². The van der Waals surface area contributed by atoms with E-state index >= 15 is 0 Å². The molecule has 1 aliphatic heterocycles. The normalized spacial score (nSPS) is 21.6. The molecule has 3 N–H and O–H groups in total. The van der Waals surface area contributed by atoms with Gasteiger partial charge in [-0.2, -0.15) is 15.4 Å². The second kappa shape index (κ2) is 4.67. The van der Waals surface area contributed by atoms with Gasteiger partial charge in [0.1, 0.15) is 11.3 Å². The number of H-pyrrole nitrogens is 2. The predicted molar refractivity (Wildman–Crippen MR) is 79.1 cm³/mol. The van der Waals surface area contributed by atoms with E-state index in [1.54, 1.807) is 4.90 Å². The van der Waals surface area contributed by atoms with Crippen molar-refractivity contribution in [3.63, 3.8) is 0 Å². The molecule has 0 radical (unpaired) electrons. The number of carbonyl (C=O) groups excluding carboxylic acids is 1. The number of aliphatic hydroxyl groups is 1. The van der Waals surface area contributed by atoms with Gasteiger partial charge < -0.3 is 15.0 Å². The lowest BCUT2D eigenvalue weighted by atomic mass is 10.00. The van der Waals surface area contributed by atoms with Crippen LogP contribution in [0, 0.1) is 0 Å². The number of hydrogen-bond donors (Lipinski definition) is 3. The molecule has 0 bridgehead atoms. The van der Waals surface area contributed by atoms with Crippen LogP contribution in [0.4, 0.5) is 0 Å². The number of aromatic nitrogens is 4. The fourth-order valence-electron chi connectivity index (χ4n) is 2.97. The SMILES string of the molecule is O=C(c1ccc2cc[nH]c2c1)N1CCC(O)(c2cn[nH]n2)C1. The van der Waals surface area contributed by atoms with Crippen LogP contribution in [0.25, 0.3) is 10.9 Å². The zero-order chi connectivity index (χ0) is 15.2. The van der Waals surface area contributed by atoms with E-state index in [4.69, 9.17) is 0 Å². The lowest BCUT2D eigenvalue weighted by Crippen LogP contribution is -2.34. The summed E-state index contributed by atoms with van der Waals surface area (Å²) in [5, 5.41) is 21.9. The van der Waals surface area contributed by atoms with Gasteiger partial charge in [0, 0.05) is 30.2 Å². The molecular weight excluding hydrogens is 282 g/mol. The highest BCUT2D eigenvalue weighted by atomic mass is 16.3. The first kappa shape index (κ1) is 13.0. The lowest BCUT2D eigenvalue weighted by Gasteiger charge is -2.21. The summed E-state index contributed by atoms with van der Waals surface area (Å²) in [7, 11) is 0. The van der Waals surface area contributed by atoms with Crippen molar-refractivity contribution in [1.29, 1.82) is 0 Å². The van der Waals surface area contributed by atoms with Crippen LogP contribution in [0.15, 0.2) is 36.7 Å². The van der Waals surface area contributed by atoms with Crippen molar-refractivity contribution < 1.29 is 9.90 Å². The van der Waals surface area contributed by atoms with Crippen LogP contribution in [0.5, 0.6) is 0 Å². The highest BCUT2D eigenvalue weighted by Crippen LogP contribution is 2.31. The maximum atomic E-state index is 12.6. The summed E-state index contributed by atoms with van der Waals surface area (Å²) in [6.07, 6.45) is 3.80. The van der Waals surface area contributed by atoms with Gasteiger partial charge in [-0.3, -0.25) is 4.79 Å². The van der Waals surface area contributed by atoms with Gasteiger partial charge in [0.15, 0.2) is 0 Å². The molecule has 2 aromatic heterocycles. The van der Waals surface area contributed by atoms with Crippen molar-refractivity contribution in [3.8, 4) is 0 Å². The third-order valence-electron chi connectivity index (χ3n) is 4.23. The Labute approximate surface area is 125 Å². The molecule has 0 spiro atoms. The zero-order valence-corrected chi connectivity index (χ0v) is 11.8. The molecule has 1 atom stereocenters. The Bertz CT molecular complexity index is 825. The van der Waals surface area contributed by atoms with E-state index in [0.717, 1.165) is 10.9 Å². The maximum Gasteiger partial charge on any atom is 0.254 e. The Kier molecular flexibility index (Phi) is 2.77. The molecule has 4 rings (SSSR count). The van der Waals surface area contributed by atoms with Gasteiger partial charge in [0.05, 0.1) is 12.7 Å². The fraction of sp³-hybridized carbons (Fsp3) is 0.267. The summed E-state index contributed by atoms with van der Waals surface area (Å²) in [6, 6.07) is 7.53. The van der Waals surface area contributed by atoms with Gasteiger partial charge in [-0.1, -0.05) is 6.07 Å². The van der Waals surface area contributed by atoms with Crippen molar-refractivity contribution in [1.82, 2.24) is 25.3 Å². The first-order chi connectivity index (χ1) is 10.7. The monoisotopic (exact) mass is 297 g/mol. The van der Waals surface area contributed by atoms with Crippen LogP contribution >= 0.6 is 0 Å². The predicted octanol–water partition coefficient (Wildman–Crippen LogP) is 1.02. The summed E-state index contributed by atoms with van der Waals surface area (Å²) in [4.78, 5) is 17.4. The number of nitrogens with one attached hydrogen (secondary N) is 2. The highest BCUT2D eigenvalue weighted by molar-refractivity contribution is 5.98. The van der Waals surface area contributed by atoms with Gasteiger partial charge in [-0.05, 0) is 23.6 Å². The number of hydrogen-bond acceptors (Lipinski definition) is 4. The third-order valence-corrected chi connectivity index (χ3v) is 4.23.